The Morgan fingerprint density at radius 1 is 0.885 bits per heavy atom. The Morgan fingerprint density at radius 2 is 1.58 bits per heavy atom. The smallest absolute Gasteiger partial charge is 0.255 e. The van der Waals surface area contributed by atoms with Crippen LogP contribution in [0.5, 0.6) is 5.75 Å². The van der Waals surface area contributed by atoms with Crippen LogP contribution in [0.25, 0.3) is 22.1 Å². The molecule has 0 unspecified atom stereocenters. The second-order valence-electron chi connectivity index (χ2n) is 6.07. The minimum atomic E-state index is -0.217. The Bertz CT molecular complexity index is 1140. The highest BCUT2D eigenvalue weighted by atomic mass is 16.5. The van der Waals surface area contributed by atoms with E-state index in [0.29, 0.717) is 22.5 Å². The molecule has 4 rings (SSSR count). The Balaban J connectivity index is 1.71. The van der Waals surface area contributed by atoms with Crippen LogP contribution in [-0.4, -0.2) is 23.0 Å². The summed E-state index contributed by atoms with van der Waals surface area (Å²) in [6, 6.07) is 18.7. The van der Waals surface area contributed by atoms with Crippen molar-refractivity contribution in [3.8, 4) is 5.75 Å². The second-order valence-corrected chi connectivity index (χ2v) is 6.07. The molecule has 0 bridgehead atoms. The normalized spacial score (nSPS) is 10.8. The van der Waals surface area contributed by atoms with E-state index in [4.69, 9.17) is 4.74 Å². The van der Waals surface area contributed by atoms with Crippen LogP contribution in [0.1, 0.15) is 15.9 Å². The topological polar surface area (TPSA) is 64.1 Å². The number of amides is 1. The van der Waals surface area contributed by atoms with Gasteiger partial charge in [0.15, 0.2) is 0 Å². The number of carbonyl (C=O) groups excluding carboxylic acids is 1. The minimum Gasteiger partial charge on any atom is -0.495 e. The maximum atomic E-state index is 12.7. The number of rotatable bonds is 3. The van der Waals surface area contributed by atoms with Crippen molar-refractivity contribution < 1.29 is 9.53 Å². The molecule has 0 aliphatic rings. The summed E-state index contributed by atoms with van der Waals surface area (Å²) in [5.41, 5.74) is 5.28. The van der Waals surface area contributed by atoms with E-state index in [1.807, 2.05) is 55.5 Å². The molecule has 128 valence electrons. The predicted octanol–water partition coefficient (Wildman–Crippen LogP) is 4.35. The minimum absolute atomic E-state index is 0.217. The lowest BCUT2D eigenvalue weighted by molar-refractivity contribution is 0.102. The molecule has 0 aliphatic heterocycles. The van der Waals surface area contributed by atoms with Crippen LogP contribution in [0.15, 0.2) is 60.7 Å². The van der Waals surface area contributed by atoms with Crippen molar-refractivity contribution in [2.24, 2.45) is 0 Å². The molecule has 0 radical (unpaired) electrons. The van der Waals surface area contributed by atoms with E-state index in [-0.39, 0.29) is 5.91 Å². The number of para-hydroxylation sites is 2. The molecule has 4 aromatic rings. The zero-order chi connectivity index (χ0) is 18.1. The molecule has 5 heteroatoms. The Labute approximate surface area is 150 Å². The van der Waals surface area contributed by atoms with Crippen LogP contribution in [-0.2, 0) is 0 Å². The highest BCUT2D eigenvalue weighted by Crippen LogP contribution is 2.26. The van der Waals surface area contributed by atoms with Gasteiger partial charge in [-0.1, -0.05) is 18.2 Å². The van der Waals surface area contributed by atoms with E-state index in [1.54, 1.807) is 19.2 Å². The molecule has 5 nitrogen and oxygen atoms in total. The van der Waals surface area contributed by atoms with E-state index in [2.05, 4.69) is 15.3 Å². The van der Waals surface area contributed by atoms with Crippen molar-refractivity contribution in [2.45, 2.75) is 6.92 Å². The summed E-state index contributed by atoms with van der Waals surface area (Å²) < 4.78 is 5.32. The summed E-state index contributed by atoms with van der Waals surface area (Å²) in [4.78, 5) is 21.9. The number of nitrogens with one attached hydrogen (secondary N) is 1. The standard InChI is InChI=1S/C21H17N3O2/c1-13-7-10-20(26-2)19(11-13)24-21(25)14-8-9-17-18(12-14)23-16-6-4-3-5-15(16)22-17/h3-12H,1-2H3,(H,24,25). The van der Waals surface area contributed by atoms with Gasteiger partial charge in [0.2, 0.25) is 0 Å². The lowest BCUT2D eigenvalue weighted by atomic mass is 10.1. The van der Waals surface area contributed by atoms with Gasteiger partial charge in [-0.2, -0.15) is 0 Å². The number of hydrogen-bond donors (Lipinski definition) is 1. The summed E-state index contributed by atoms with van der Waals surface area (Å²) >= 11 is 0. The SMILES string of the molecule is COc1ccc(C)cc1NC(=O)c1ccc2nc3ccccc3nc2c1. The third-order valence-corrected chi connectivity index (χ3v) is 4.20. The third-order valence-electron chi connectivity index (χ3n) is 4.20. The number of aryl methyl sites for hydroxylation is 1. The average Bonchev–Trinajstić information content (AvgIpc) is 2.66. The summed E-state index contributed by atoms with van der Waals surface area (Å²) in [6.07, 6.45) is 0. The fourth-order valence-corrected chi connectivity index (χ4v) is 2.88. The van der Waals surface area contributed by atoms with Gasteiger partial charge in [0, 0.05) is 5.56 Å². The number of carbonyl (C=O) groups is 1. The number of hydrogen-bond acceptors (Lipinski definition) is 4. The lowest BCUT2D eigenvalue weighted by Gasteiger charge is -2.11. The Morgan fingerprint density at radius 3 is 2.31 bits per heavy atom. The van der Waals surface area contributed by atoms with Crippen LogP contribution in [0, 0.1) is 6.92 Å². The van der Waals surface area contributed by atoms with E-state index < -0.39 is 0 Å². The molecule has 0 aliphatic carbocycles. The van der Waals surface area contributed by atoms with E-state index in [1.165, 1.54) is 0 Å². The maximum absolute atomic E-state index is 12.7. The van der Waals surface area contributed by atoms with Crippen molar-refractivity contribution in [1.29, 1.82) is 0 Å². The van der Waals surface area contributed by atoms with Crippen LogP contribution >= 0.6 is 0 Å². The largest absolute Gasteiger partial charge is 0.495 e. The zero-order valence-electron chi connectivity index (χ0n) is 14.5. The third kappa shape index (κ3) is 2.95. The molecular weight excluding hydrogens is 326 g/mol. The van der Waals surface area contributed by atoms with Gasteiger partial charge in [-0.15, -0.1) is 0 Å². The van der Waals surface area contributed by atoms with Crippen molar-refractivity contribution in [3.05, 3.63) is 71.8 Å². The quantitative estimate of drug-likeness (QED) is 0.562. The molecule has 1 amide bonds. The van der Waals surface area contributed by atoms with Gasteiger partial charge in [0.25, 0.3) is 5.91 Å². The summed E-state index contributed by atoms with van der Waals surface area (Å²) in [6.45, 7) is 1.96. The number of nitrogens with zero attached hydrogens (tertiary/aromatic N) is 2. The summed E-state index contributed by atoms with van der Waals surface area (Å²) in [5, 5.41) is 2.91. The number of benzene rings is 3. The van der Waals surface area contributed by atoms with E-state index in [9.17, 15) is 4.79 Å². The Kier molecular flexibility index (Phi) is 3.97. The molecule has 0 spiro atoms. The van der Waals surface area contributed by atoms with Gasteiger partial charge in [0.1, 0.15) is 5.75 Å². The predicted molar refractivity (Wildman–Crippen MR) is 103 cm³/mol. The van der Waals surface area contributed by atoms with Gasteiger partial charge in [-0.3, -0.25) is 4.79 Å². The number of anilines is 1. The first-order valence-corrected chi connectivity index (χ1v) is 8.26. The molecule has 0 atom stereocenters. The molecule has 3 aromatic carbocycles. The monoisotopic (exact) mass is 343 g/mol. The number of aromatic nitrogens is 2. The molecule has 0 fully saturated rings. The summed E-state index contributed by atoms with van der Waals surface area (Å²) in [7, 11) is 1.58. The summed E-state index contributed by atoms with van der Waals surface area (Å²) in [5.74, 6) is 0.404. The van der Waals surface area contributed by atoms with Gasteiger partial charge in [-0.05, 0) is 55.0 Å². The number of methoxy groups -OCH3 is 1. The van der Waals surface area contributed by atoms with Gasteiger partial charge in [-0.25, -0.2) is 9.97 Å². The van der Waals surface area contributed by atoms with Gasteiger partial charge >= 0.3 is 0 Å². The number of fused-ring (bicyclic) bond motifs is 2. The van der Waals surface area contributed by atoms with Crippen molar-refractivity contribution in [3.63, 3.8) is 0 Å². The van der Waals surface area contributed by atoms with Crippen LogP contribution in [0.4, 0.5) is 5.69 Å². The van der Waals surface area contributed by atoms with Crippen LogP contribution < -0.4 is 10.1 Å². The van der Waals surface area contributed by atoms with Gasteiger partial charge in [0.05, 0.1) is 34.9 Å². The molecule has 26 heavy (non-hydrogen) atoms. The first-order valence-electron chi connectivity index (χ1n) is 8.26. The Hall–Kier alpha value is -3.47. The number of ether oxygens (including phenoxy) is 1. The van der Waals surface area contributed by atoms with Crippen LogP contribution in [0.2, 0.25) is 0 Å². The molecule has 1 N–H and O–H groups in total. The molecular formula is C21H17N3O2. The highest BCUT2D eigenvalue weighted by molar-refractivity contribution is 6.06. The lowest BCUT2D eigenvalue weighted by Crippen LogP contribution is -2.13. The average molecular weight is 343 g/mol. The van der Waals surface area contributed by atoms with Gasteiger partial charge < -0.3 is 10.1 Å². The molecule has 1 aromatic heterocycles. The highest BCUT2D eigenvalue weighted by Gasteiger charge is 2.12. The van der Waals surface area contributed by atoms with Crippen LogP contribution in [0.3, 0.4) is 0 Å². The van der Waals surface area contributed by atoms with Crippen molar-refractivity contribution >= 4 is 33.7 Å². The molecule has 0 saturated carbocycles. The second kappa shape index (κ2) is 6.44. The van der Waals surface area contributed by atoms with Crippen molar-refractivity contribution in [2.75, 3.05) is 12.4 Å². The zero-order valence-corrected chi connectivity index (χ0v) is 14.5. The van der Waals surface area contributed by atoms with Crippen molar-refractivity contribution in [1.82, 2.24) is 9.97 Å². The fraction of sp³-hybridized carbons (Fsp3) is 0.0952. The maximum Gasteiger partial charge on any atom is 0.255 e. The fourth-order valence-electron chi connectivity index (χ4n) is 2.88. The van der Waals surface area contributed by atoms with E-state index >= 15 is 0 Å². The molecule has 1 heterocycles. The first kappa shape index (κ1) is 16.0. The van der Waals surface area contributed by atoms with E-state index in [0.717, 1.165) is 22.1 Å². The molecule has 0 saturated heterocycles. The first-order chi connectivity index (χ1) is 12.6.